The van der Waals surface area contributed by atoms with Gasteiger partial charge in [0.25, 0.3) is 0 Å². The smallest absolute Gasteiger partial charge is 0.148 e. The van der Waals surface area contributed by atoms with Gasteiger partial charge < -0.3 is 4.57 Å². The molecule has 0 saturated carbocycles. The van der Waals surface area contributed by atoms with Crippen LogP contribution in [0.4, 0.5) is 0 Å². The number of hydrogen-bond donors (Lipinski definition) is 0. The summed E-state index contributed by atoms with van der Waals surface area (Å²) in [4.78, 5) is 0. The molecule has 3 nitrogen and oxygen atoms in total. The summed E-state index contributed by atoms with van der Waals surface area (Å²) < 4.78 is 2.16. The molecule has 0 fully saturated rings. The van der Waals surface area contributed by atoms with Crippen LogP contribution in [0.15, 0.2) is 0 Å². The van der Waals surface area contributed by atoms with Crippen molar-refractivity contribution in [1.82, 2.24) is 14.8 Å². The van der Waals surface area contributed by atoms with Crippen molar-refractivity contribution in [3.63, 3.8) is 0 Å². The second-order valence-corrected chi connectivity index (χ2v) is 4.35. The van der Waals surface area contributed by atoms with E-state index in [1.54, 1.807) is 0 Å². The van der Waals surface area contributed by atoms with E-state index in [9.17, 15) is 0 Å². The van der Waals surface area contributed by atoms with Crippen molar-refractivity contribution in [3.05, 3.63) is 11.6 Å². The minimum absolute atomic E-state index is 0.394. The maximum Gasteiger partial charge on any atom is 0.148 e. The molecule has 0 spiro atoms. The Morgan fingerprint density at radius 1 is 1.20 bits per heavy atom. The number of alkyl halides is 1. The van der Waals surface area contributed by atoms with Crippen molar-refractivity contribution in [2.75, 3.05) is 0 Å². The van der Waals surface area contributed by atoms with Gasteiger partial charge in [-0.1, -0.05) is 19.8 Å². The van der Waals surface area contributed by atoms with Gasteiger partial charge >= 0.3 is 0 Å². The Morgan fingerprint density at radius 2 is 1.87 bits per heavy atom. The van der Waals surface area contributed by atoms with Crippen molar-refractivity contribution in [3.8, 4) is 0 Å². The third kappa shape index (κ3) is 3.20. The molecular formula is C11H20ClN3. The summed E-state index contributed by atoms with van der Waals surface area (Å²) >= 11 is 5.83. The fourth-order valence-corrected chi connectivity index (χ4v) is 1.93. The standard InChI is InChI=1S/C11H20ClN3/c1-4-5-6-7-10-13-14-11(8-12)15(10)9(2)3/h9H,4-8H2,1-3H3. The maximum absolute atomic E-state index is 5.83. The molecule has 1 heterocycles. The van der Waals surface area contributed by atoms with Crippen LogP contribution in [-0.2, 0) is 12.3 Å². The number of hydrogen-bond acceptors (Lipinski definition) is 2. The average molecular weight is 230 g/mol. The minimum atomic E-state index is 0.394. The lowest BCUT2D eigenvalue weighted by Crippen LogP contribution is -2.09. The summed E-state index contributed by atoms with van der Waals surface area (Å²) in [7, 11) is 0. The second-order valence-electron chi connectivity index (χ2n) is 4.09. The zero-order chi connectivity index (χ0) is 11.3. The van der Waals surface area contributed by atoms with E-state index < -0.39 is 0 Å². The molecule has 0 saturated heterocycles. The van der Waals surface area contributed by atoms with Crippen LogP contribution in [0.25, 0.3) is 0 Å². The average Bonchev–Trinajstić information content (AvgIpc) is 2.61. The molecule has 4 heteroatoms. The zero-order valence-electron chi connectivity index (χ0n) is 9.83. The third-order valence-corrected chi connectivity index (χ3v) is 2.72. The third-order valence-electron chi connectivity index (χ3n) is 2.48. The van der Waals surface area contributed by atoms with Crippen molar-refractivity contribution in [1.29, 1.82) is 0 Å². The molecule has 0 bridgehead atoms. The molecule has 0 aliphatic heterocycles. The molecule has 0 atom stereocenters. The highest BCUT2D eigenvalue weighted by molar-refractivity contribution is 6.16. The van der Waals surface area contributed by atoms with E-state index in [2.05, 4.69) is 35.5 Å². The van der Waals surface area contributed by atoms with Gasteiger partial charge in [0.1, 0.15) is 11.6 Å². The van der Waals surface area contributed by atoms with Gasteiger partial charge in [0, 0.05) is 12.5 Å². The zero-order valence-corrected chi connectivity index (χ0v) is 10.6. The lowest BCUT2D eigenvalue weighted by Gasteiger charge is -2.12. The van der Waals surface area contributed by atoms with Crippen LogP contribution >= 0.6 is 11.6 Å². The number of unbranched alkanes of at least 4 members (excludes halogenated alkanes) is 2. The molecule has 0 amide bonds. The van der Waals surface area contributed by atoms with Crippen LogP contribution in [0.5, 0.6) is 0 Å². The highest BCUT2D eigenvalue weighted by Crippen LogP contribution is 2.15. The maximum atomic E-state index is 5.83. The number of halogens is 1. The van der Waals surface area contributed by atoms with Crippen molar-refractivity contribution < 1.29 is 0 Å². The first-order chi connectivity index (χ1) is 7.20. The Morgan fingerprint density at radius 3 is 2.40 bits per heavy atom. The summed E-state index contributed by atoms with van der Waals surface area (Å²) in [5.41, 5.74) is 0. The number of aromatic nitrogens is 3. The van der Waals surface area contributed by atoms with Gasteiger partial charge in [0.05, 0.1) is 5.88 Å². The second kappa shape index (κ2) is 6.11. The van der Waals surface area contributed by atoms with Crippen molar-refractivity contribution in [2.45, 2.75) is 58.4 Å². The van der Waals surface area contributed by atoms with Crippen LogP contribution in [-0.4, -0.2) is 14.8 Å². The molecule has 86 valence electrons. The summed E-state index contributed by atoms with van der Waals surface area (Å²) in [5, 5.41) is 8.32. The van der Waals surface area contributed by atoms with E-state index >= 15 is 0 Å². The molecule has 0 unspecified atom stereocenters. The van der Waals surface area contributed by atoms with Gasteiger partial charge in [-0.15, -0.1) is 21.8 Å². The molecule has 0 aliphatic rings. The highest BCUT2D eigenvalue weighted by Gasteiger charge is 2.12. The van der Waals surface area contributed by atoms with E-state index in [0.29, 0.717) is 11.9 Å². The predicted octanol–water partition coefficient (Wildman–Crippen LogP) is 3.33. The van der Waals surface area contributed by atoms with Crippen molar-refractivity contribution in [2.24, 2.45) is 0 Å². The lowest BCUT2D eigenvalue weighted by atomic mass is 10.2. The Balaban J connectivity index is 2.73. The summed E-state index contributed by atoms with van der Waals surface area (Å²) in [6.07, 6.45) is 4.68. The van der Waals surface area contributed by atoms with Gasteiger partial charge in [0.2, 0.25) is 0 Å². The monoisotopic (exact) mass is 229 g/mol. The Labute approximate surface area is 96.8 Å². The van der Waals surface area contributed by atoms with Gasteiger partial charge in [-0.2, -0.15) is 0 Å². The molecule has 0 aromatic carbocycles. The van der Waals surface area contributed by atoms with E-state index in [4.69, 9.17) is 11.6 Å². The van der Waals surface area contributed by atoms with Gasteiger partial charge in [-0.05, 0) is 20.3 Å². The number of nitrogens with zero attached hydrogens (tertiary/aromatic N) is 3. The topological polar surface area (TPSA) is 30.7 Å². The highest BCUT2D eigenvalue weighted by atomic mass is 35.5. The first kappa shape index (κ1) is 12.5. The normalized spacial score (nSPS) is 11.3. The first-order valence-corrected chi connectivity index (χ1v) is 6.22. The van der Waals surface area contributed by atoms with E-state index in [-0.39, 0.29) is 0 Å². The molecule has 0 N–H and O–H groups in total. The molecule has 1 aromatic rings. The van der Waals surface area contributed by atoms with E-state index in [0.717, 1.165) is 18.1 Å². The predicted molar refractivity (Wildman–Crippen MR) is 63.2 cm³/mol. The summed E-state index contributed by atoms with van der Waals surface area (Å²) in [6.45, 7) is 6.49. The van der Waals surface area contributed by atoms with Gasteiger partial charge in [0.15, 0.2) is 0 Å². The Kier molecular flexibility index (Phi) is 5.09. The van der Waals surface area contributed by atoms with Crippen LogP contribution in [0.3, 0.4) is 0 Å². The number of aryl methyl sites for hydroxylation is 1. The molecular weight excluding hydrogens is 210 g/mol. The molecule has 1 aromatic heterocycles. The lowest BCUT2D eigenvalue weighted by molar-refractivity contribution is 0.541. The fourth-order valence-electron chi connectivity index (χ4n) is 1.75. The van der Waals surface area contributed by atoms with Crippen LogP contribution in [0, 0.1) is 0 Å². The van der Waals surface area contributed by atoms with Crippen molar-refractivity contribution >= 4 is 11.6 Å². The molecule has 15 heavy (non-hydrogen) atoms. The van der Waals surface area contributed by atoms with Crippen LogP contribution in [0.2, 0.25) is 0 Å². The van der Waals surface area contributed by atoms with Gasteiger partial charge in [-0.3, -0.25) is 0 Å². The summed E-state index contributed by atoms with van der Waals surface area (Å²) in [5.74, 6) is 2.41. The van der Waals surface area contributed by atoms with E-state index in [1.165, 1.54) is 19.3 Å². The minimum Gasteiger partial charge on any atom is -0.311 e. The Bertz CT molecular complexity index is 294. The van der Waals surface area contributed by atoms with Crippen LogP contribution in [0.1, 0.15) is 57.7 Å². The van der Waals surface area contributed by atoms with Crippen LogP contribution < -0.4 is 0 Å². The van der Waals surface area contributed by atoms with E-state index in [1.807, 2.05) is 0 Å². The SMILES string of the molecule is CCCCCc1nnc(CCl)n1C(C)C. The molecule has 1 rings (SSSR count). The molecule has 0 radical (unpaired) electrons. The summed E-state index contributed by atoms with van der Waals surface area (Å²) in [6, 6.07) is 0.394. The Hall–Kier alpha value is -0.570. The number of rotatable bonds is 6. The fraction of sp³-hybridized carbons (Fsp3) is 0.818. The van der Waals surface area contributed by atoms with Gasteiger partial charge in [-0.25, -0.2) is 0 Å². The largest absolute Gasteiger partial charge is 0.311 e. The molecule has 0 aliphatic carbocycles. The first-order valence-electron chi connectivity index (χ1n) is 5.69. The quantitative estimate of drug-likeness (QED) is 0.554.